The number of nitrogens with one attached hydrogen (secondary N) is 2. The molecule has 0 saturated heterocycles. The van der Waals surface area contributed by atoms with Gasteiger partial charge in [0.2, 0.25) is 5.91 Å². The smallest absolute Gasteiger partial charge is 0.225 e. The molecule has 0 radical (unpaired) electrons. The standard InChI is InChI=1S/C13H18N4OS/c1-17(2)9-10-8-12(16-15-10)14-13(18)6-5-11-4-3-7-19-11/h3-4,7-8H,5-6,9H2,1-2H3,(H2,14,15,16,18). The van der Waals surface area contributed by atoms with Gasteiger partial charge in [-0.1, -0.05) is 6.07 Å². The fourth-order valence-corrected chi connectivity index (χ4v) is 2.45. The van der Waals surface area contributed by atoms with Gasteiger partial charge in [0.05, 0.1) is 5.69 Å². The van der Waals surface area contributed by atoms with Crippen LogP contribution in [0.3, 0.4) is 0 Å². The number of rotatable bonds is 6. The monoisotopic (exact) mass is 278 g/mol. The Morgan fingerprint density at radius 1 is 1.53 bits per heavy atom. The SMILES string of the molecule is CN(C)Cc1cc(NC(=O)CCc2cccs2)n[nH]1. The van der Waals surface area contributed by atoms with E-state index in [1.54, 1.807) is 11.3 Å². The molecule has 19 heavy (non-hydrogen) atoms. The number of carbonyl (C=O) groups excluding carboxylic acids is 1. The van der Waals surface area contributed by atoms with Crippen molar-refractivity contribution in [2.24, 2.45) is 0 Å². The van der Waals surface area contributed by atoms with E-state index in [9.17, 15) is 4.79 Å². The van der Waals surface area contributed by atoms with Crippen LogP contribution in [0.4, 0.5) is 5.82 Å². The van der Waals surface area contributed by atoms with Gasteiger partial charge in [-0.15, -0.1) is 11.3 Å². The van der Waals surface area contributed by atoms with Crippen molar-refractivity contribution in [2.45, 2.75) is 19.4 Å². The first-order valence-corrected chi connectivity index (χ1v) is 7.02. The van der Waals surface area contributed by atoms with Gasteiger partial charge in [0.25, 0.3) is 0 Å². The van der Waals surface area contributed by atoms with Gasteiger partial charge in [0, 0.05) is 23.9 Å². The molecule has 0 saturated carbocycles. The van der Waals surface area contributed by atoms with Crippen LogP contribution >= 0.6 is 11.3 Å². The normalized spacial score (nSPS) is 10.9. The number of aromatic amines is 1. The van der Waals surface area contributed by atoms with E-state index in [0.717, 1.165) is 18.7 Å². The molecule has 1 amide bonds. The highest BCUT2D eigenvalue weighted by Crippen LogP contribution is 2.12. The Balaban J connectivity index is 1.80. The van der Waals surface area contributed by atoms with E-state index in [1.807, 2.05) is 42.6 Å². The van der Waals surface area contributed by atoms with Gasteiger partial charge in [-0.2, -0.15) is 5.10 Å². The number of H-pyrrole nitrogens is 1. The third-order valence-corrected chi connectivity index (χ3v) is 3.50. The first kappa shape index (κ1) is 13.8. The highest BCUT2D eigenvalue weighted by Gasteiger charge is 2.07. The van der Waals surface area contributed by atoms with Gasteiger partial charge >= 0.3 is 0 Å². The Bertz CT molecular complexity index is 518. The zero-order valence-electron chi connectivity index (χ0n) is 11.1. The summed E-state index contributed by atoms with van der Waals surface area (Å²) in [4.78, 5) is 15.0. The largest absolute Gasteiger partial charge is 0.309 e. The van der Waals surface area contributed by atoms with Crippen molar-refractivity contribution in [3.8, 4) is 0 Å². The van der Waals surface area contributed by atoms with Gasteiger partial charge in [0.15, 0.2) is 5.82 Å². The van der Waals surface area contributed by atoms with Crippen molar-refractivity contribution >= 4 is 23.1 Å². The van der Waals surface area contributed by atoms with Crippen molar-refractivity contribution in [2.75, 3.05) is 19.4 Å². The van der Waals surface area contributed by atoms with Crippen molar-refractivity contribution in [3.63, 3.8) is 0 Å². The second kappa shape index (κ2) is 6.49. The zero-order chi connectivity index (χ0) is 13.7. The van der Waals surface area contributed by atoms with Crippen LogP contribution in [0.2, 0.25) is 0 Å². The quantitative estimate of drug-likeness (QED) is 0.850. The fourth-order valence-electron chi connectivity index (χ4n) is 1.74. The maximum atomic E-state index is 11.8. The van der Waals surface area contributed by atoms with Crippen molar-refractivity contribution in [1.82, 2.24) is 15.1 Å². The van der Waals surface area contributed by atoms with E-state index in [0.29, 0.717) is 12.2 Å². The van der Waals surface area contributed by atoms with Gasteiger partial charge in [-0.25, -0.2) is 0 Å². The summed E-state index contributed by atoms with van der Waals surface area (Å²) in [5, 5.41) is 11.8. The van der Waals surface area contributed by atoms with Gasteiger partial charge < -0.3 is 10.2 Å². The van der Waals surface area contributed by atoms with Crippen LogP contribution in [-0.4, -0.2) is 35.1 Å². The van der Waals surface area contributed by atoms with Crippen LogP contribution in [0.25, 0.3) is 0 Å². The first-order chi connectivity index (χ1) is 9.13. The molecule has 6 heteroatoms. The maximum absolute atomic E-state index is 11.8. The fraction of sp³-hybridized carbons (Fsp3) is 0.385. The zero-order valence-corrected chi connectivity index (χ0v) is 12.0. The maximum Gasteiger partial charge on any atom is 0.225 e. The Morgan fingerprint density at radius 3 is 3.05 bits per heavy atom. The molecule has 5 nitrogen and oxygen atoms in total. The Hall–Kier alpha value is -1.66. The third kappa shape index (κ3) is 4.50. The second-order valence-corrected chi connectivity index (χ2v) is 5.68. The minimum absolute atomic E-state index is 0.00342. The Labute approximate surface area is 116 Å². The van der Waals surface area contributed by atoms with Gasteiger partial charge in [-0.05, 0) is 32.0 Å². The number of carbonyl (C=O) groups is 1. The molecule has 0 bridgehead atoms. The van der Waals surface area contributed by atoms with E-state index in [4.69, 9.17) is 0 Å². The van der Waals surface area contributed by atoms with E-state index >= 15 is 0 Å². The number of aryl methyl sites for hydroxylation is 1. The average molecular weight is 278 g/mol. The number of anilines is 1. The number of hydrogen-bond donors (Lipinski definition) is 2. The summed E-state index contributed by atoms with van der Waals surface area (Å²) < 4.78 is 0. The highest BCUT2D eigenvalue weighted by atomic mass is 32.1. The summed E-state index contributed by atoms with van der Waals surface area (Å²) in [5.74, 6) is 0.587. The number of hydrogen-bond acceptors (Lipinski definition) is 4. The molecule has 0 aliphatic carbocycles. The predicted octanol–water partition coefficient (Wildman–Crippen LogP) is 2.10. The van der Waals surface area contributed by atoms with Crippen LogP contribution < -0.4 is 5.32 Å². The summed E-state index contributed by atoms with van der Waals surface area (Å²) in [6.07, 6.45) is 1.26. The molecule has 0 spiro atoms. The molecular weight excluding hydrogens is 260 g/mol. The minimum Gasteiger partial charge on any atom is -0.309 e. The number of thiophene rings is 1. The molecule has 2 N–H and O–H groups in total. The second-order valence-electron chi connectivity index (χ2n) is 4.64. The van der Waals surface area contributed by atoms with E-state index in [1.165, 1.54) is 4.88 Å². The van der Waals surface area contributed by atoms with E-state index in [-0.39, 0.29) is 5.91 Å². The molecular formula is C13H18N4OS. The third-order valence-electron chi connectivity index (χ3n) is 2.56. The van der Waals surface area contributed by atoms with Crippen LogP contribution in [0.15, 0.2) is 23.6 Å². The Kier molecular flexibility index (Phi) is 4.70. The van der Waals surface area contributed by atoms with Crippen LogP contribution in [-0.2, 0) is 17.8 Å². The molecule has 2 aromatic rings. The summed E-state index contributed by atoms with van der Waals surface area (Å²) in [6.45, 7) is 0.776. The van der Waals surface area contributed by atoms with Crippen LogP contribution in [0.1, 0.15) is 17.0 Å². The molecule has 0 aliphatic rings. The summed E-state index contributed by atoms with van der Waals surface area (Å²) in [6, 6.07) is 5.91. The van der Waals surface area contributed by atoms with E-state index < -0.39 is 0 Å². The molecule has 102 valence electrons. The molecule has 2 heterocycles. The molecule has 2 rings (SSSR count). The lowest BCUT2D eigenvalue weighted by molar-refractivity contribution is -0.116. The number of amides is 1. The average Bonchev–Trinajstić information content (AvgIpc) is 2.97. The van der Waals surface area contributed by atoms with Crippen molar-refractivity contribution in [3.05, 3.63) is 34.2 Å². The molecule has 0 fully saturated rings. The predicted molar refractivity (Wildman–Crippen MR) is 77.2 cm³/mol. The Morgan fingerprint density at radius 2 is 2.37 bits per heavy atom. The lowest BCUT2D eigenvalue weighted by Gasteiger charge is -2.05. The number of aromatic nitrogens is 2. The molecule has 0 aromatic carbocycles. The molecule has 0 unspecified atom stereocenters. The lowest BCUT2D eigenvalue weighted by atomic mass is 10.2. The molecule has 2 aromatic heterocycles. The summed E-state index contributed by atoms with van der Waals surface area (Å²) in [7, 11) is 3.97. The first-order valence-electron chi connectivity index (χ1n) is 6.15. The number of nitrogens with zero attached hydrogens (tertiary/aromatic N) is 2. The lowest BCUT2D eigenvalue weighted by Crippen LogP contribution is -2.12. The van der Waals surface area contributed by atoms with Gasteiger partial charge in [0.1, 0.15) is 0 Å². The highest BCUT2D eigenvalue weighted by molar-refractivity contribution is 7.09. The van der Waals surface area contributed by atoms with Crippen molar-refractivity contribution < 1.29 is 4.79 Å². The molecule has 0 atom stereocenters. The summed E-state index contributed by atoms with van der Waals surface area (Å²) in [5.41, 5.74) is 0.985. The van der Waals surface area contributed by atoms with Crippen molar-refractivity contribution in [1.29, 1.82) is 0 Å². The summed E-state index contributed by atoms with van der Waals surface area (Å²) >= 11 is 1.67. The van der Waals surface area contributed by atoms with Crippen LogP contribution in [0, 0.1) is 0 Å². The minimum atomic E-state index is -0.00342. The molecule has 0 aliphatic heterocycles. The van der Waals surface area contributed by atoms with E-state index in [2.05, 4.69) is 15.5 Å². The van der Waals surface area contributed by atoms with Gasteiger partial charge in [-0.3, -0.25) is 9.89 Å². The van der Waals surface area contributed by atoms with Crippen LogP contribution in [0.5, 0.6) is 0 Å². The topological polar surface area (TPSA) is 61.0 Å².